The van der Waals surface area contributed by atoms with Gasteiger partial charge in [0.1, 0.15) is 0 Å². The van der Waals surface area contributed by atoms with Crippen molar-refractivity contribution >= 4 is 15.9 Å². The van der Waals surface area contributed by atoms with E-state index in [1.807, 2.05) is 44.2 Å². The first-order valence-corrected chi connectivity index (χ1v) is 10.7. The molecular weight excluding hydrogens is 360 g/mol. The summed E-state index contributed by atoms with van der Waals surface area (Å²) in [5.41, 5.74) is 2.05. The number of rotatable bonds is 5. The number of sulfonamides is 1. The molecule has 0 spiro atoms. The van der Waals surface area contributed by atoms with Crippen LogP contribution >= 0.6 is 0 Å². The van der Waals surface area contributed by atoms with E-state index in [1.54, 1.807) is 24.3 Å². The Bertz CT molecular complexity index is 879. The van der Waals surface area contributed by atoms with Crippen LogP contribution in [0.4, 0.5) is 0 Å². The lowest BCUT2D eigenvalue weighted by Crippen LogP contribution is -2.45. The minimum Gasteiger partial charge on any atom is -0.349 e. The Morgan fingerprint density at radius 3 is 2.44 bits per heavy atom. The zero-order valence-electron chi connectivity index (χ0n) is 15.8. The lowest BCUT2D eigenvalue weighted by Gasteiger charge is -2.32. The Hall–Kier alpha value is -2.18. The van der Waals surface area contributed by atoms with Crippen molar-refractivity contribution in [3.8, 4) is 0 Å². The van der Waals surface area contributed by atoms with Gasteiger partial charge in [-0.1, -0.05) is 48.0 Å². The molecule has 0 saturated carbocycles. The molecule has 0 radical (unpaired) electrons. The summed E-state index contributed by atoms with van der Waals surface area (Å²) in [6, 6.07) is 16.5. The third-order valence-corrected chi connectivity index (χ3v) is 6.95. The van der Waals surface area contributed by atoms with Crippen molar-refractivity contribution in [2.75, 3.05) is 13.1 Å². The number of nitrogens with zero attached hydrogens (tertiary/aromatic N) is 1. The van der Waals surface area contributed by atoms with E-state index in [4.69, 9.17) is 0 Å². The topological polar surface area (TPSA) is 66.5 Å². The van der Waals surface area contributed by atoms with Crippen LogP contribution in [0.2, 0.25) is 0 Å². The molecule has 0 unspecified atom stereocenters. The molecule has 2 aromatic rings. The van der Waals surface area contributed by atoms with Gasteiger partial charge in [-0.05, 0) is 44.4 Å². The highest BCUT2D eigenvalue weighted by atomic mass is 32.2. The lowest BCUT2D eigenvalue weighted by atomic mass is 9.98. The van der Waals surface area contributed by atoms with E-state index in [1.165, 1.54) is 4.31 Å². The molecule has 1 saturated heterocycles. The van der Waals surface area contributed by atoms with Crippen LogP contribution < -0.4 is 5.32 Å². The normalized spacial score (nSPS) is 19.4. The third kappa shape index (κ3) is 4.57. The molecule has 1 aliphatic heterocycles. The van der Waals surface area contributed by atoms with Crippen LogP contribution in [-0.4, -0.2) is 31.7 Å². The Labute approximate surface area is 161 Å². The molecule has 1 fully saturated rings. The van der Waals surface area contributed by atoms with E-state index in [9.17, 15) is 13.2 Å². The van der Waals surface area contributed by atoms with Gasteiger partial charge in [-0.15, -0.1) is 0 Å². The molecule has 2 atom stereocenters. The summed E-state index contributed by atoms with van der Waals surface area (Å²) in [7, 11) is -3.57. The van der Waals surface area contributed by atoms with Gasteiger partial charge in [-0.25, -0.2) is 8.42 Å². The standard InChI is InChI=1S/C21H26N2O3S/c1-16-10-12-20(13-11-16)27(25,26)23-14-6-9-19(15-23)21(24)22-17(2)18-7-4-3-5-8-18/h3-5,7-8,10-13,17,19H,6,9,14-15H2,1-2H3,(H,22,24)/t17-,19+/m0/s1. The molecule has 6 heteroatoms. The van der Waals surface area contributed by atoms with Crippen LogP contribution in [0, 0.1) is 12.8 Å². The fraction of sp³-hybridized carbons (Fsp3) is 0.381. The number of carbonyl (C=O) groups excluding carboxylic acids is 1. The van der Waals surface area contributed by atoms with Gasteiger partial charge >= 0.3 is 0 Å². The van der Waals surface area contributed by atoms with Crippen molar-refractivity contribution in [3.63, 3.8) is 0 Å². The van der Waals surface area contributed by atoms with Crippen LogP contribution in [-0.2, 0) is 14.8 Å². The predicted molar refractivity (Wildman–Crippen MR) is 106 cm³/mol. The molecule has 144 valence electrons. The first-order chi connectivity index (χ1) is 12.9. The zero-order chi connectivity index (χ0) is 19.4. The number of amides is 1. The van der Waals surface area contributed by atoms with E-state index >= 15 is 0 Å². The molecule has 0 aromatic heterocycles. The van der Waals surface area contributed by atoms with Gasteiger partial charge in [0.15, 0.2) is 0 Å². The maximum atomic E-state index is 12.9. The average molecular weight is 387 g/mol. The van der Waals surface area contributed by atoms with Crippen LogP contribution in [0.25, 0.3) is 0 Å². The van der Waals surface area contributed by atoms with Gasteiger partial charge in [0.25, 0.3) is 0 Å². The summed E-state index contributed by atoms with van der Waals surface area (Å²) in [6.07, 6.45) is 1.39. The smallest absolute Gasteiger partial charge is 0.243 e. The molecule has 1 aliphatic rings. The van der Waals surface area contributed by atoms with Gasteiger partial charge in [0, 0.05) is 13.1 Å². The van der Waals surface area contributed by atoms with Gasteiger partial charge < -0.3 is 5.32 Å². The first-order valence-electron chi connectivity index (χ1n) is 9.30. The molecule has 27 heavy (non-hydrogen) atoms. The minimum atomic E-state index is -3.57. The van der Waals surface area contributed by atoms with Gasteiger partial charge in [-0.2, -0.15) is 4.31 Å². The second-order valence-corrected chi connectivity index (χ2v) is 9.09. The molecule has 1 amide bonds. The summed E-state index contributed by atoms with van der Waals surface area (Å²) in [5, 5.41) is 3.02. The van der Waals surface area contributed by atoms with Crippen molar-refractivity contribution in [1.29, 1.82) is 0 Å². The highest BCUT2D eigenvalue weighted by Gasteiger charge is 2.33. The summed E-state index contributed by atoms with van der Waals surface area (Å²) < 4.78 is 27.3. The van der Waals surface area contributed by atoms with E-state index in [-0.39, 0.29) is 29.3 Å². The predicted octanol–water partition coefficient (Wildman–Crippen LogP) is 3.27. The SMILES string of the molecule is Cc1ccc(S(=O)(=O)N2CCC[C@@H](C(=O)N[C@@H](C)c3ccccc3)C2)cc1. The summed E-state index contributed by atoms with van der Waals surface area (Å²) in [6.45, 7) is 4.54. The number of benzene rings is 2. The maximum absolute atomic E-state index is 12.9. The van der Waals surface area contributed by atoms with E-state index in [0.717, 1.165) is 11.1 Å². The van der Waals surface area contributed by atoms with Crippen LogP contribution in [0.5, 0.6) is 0 Å². The number of carbonyl (C=O) groups is 1. The Morgan fingerprint density at radius 2 is 1.78 bits per heavy atom. The quantitative estimate of drug-likeness (QED) is 0.858. The van der Waals surface area contributed by atoms with Crippen molar-refractivity contribution in [2.24, 2.45) is 5.92 Å². The highest BCUT2D eigenvalue weighted by Crippen LogP contribution is 2.25. The van der Waals surface area contributed by atoms with E-state index < -0.39 is 10.0 Å². The Kier molecular flexibility index (Phi) is 5.97. The molecule has 0 bridgehead atoms. The maximum Gasteiger partial charge on any atom is 0.243 e. The molecule has 1 heterocycles. The van der Waals surface area contributed by atoms with Crippen LogP contribution in [0.1, 0.15) is 36.9 Å². The number of piperidine rings is 1. The molecular formula is C21H26N2O3S. The Balaban J connectivity index is 1.68. The highest BCUT2D eigenvalue weighted by molar-refractivity contribution is 7.89. The summed E-state index contributed by atoms with van der Waals surface area (Å²) >= 11 is 0. The number of nitrogens with one attached hydrogen (secondary N) is 1. The van der Waals surface area contributed by atoms with Crippen molar-refractivity contribution in [2.45, 2.75) is 37.6 Å². The van der Waals surface area contributed by atoms with E-state index in [0.29, 0.717) is 19.4 Å². The molecule has 3 rings (SSSR count). The number of aryl methyl sites for hydroxylation is 1. The van der Waals surface area contributed by atoms with Gasteiger partial charge in [-0.3, -0.25) is 4.79 Å². The van der Waals surface area contributed by atoms with Crippen molar-refractivity contribution in [3.05, 3.63) is 65.7 Å². The summed E-state index contributed by atoms with van der Waals surface area (Å²) in [5.74, 6) is -0.416. The molecule has 2 aromatic carbocycles. The van der Waals surface area contributed by atoms with Crippen LogP contribution in [0.3, 0.4) is 0 Å². The average Bonchev–Trinajstić information content (AvgIpc) is 2.69. The second kappa shape index (κ2) is 8.23. The molecule has 5 nitrogen and oxygen atoms in total. The van der Waals surface area contributed by atoms with E-state index in [2.05, 4.69) is 5.32 Å². The lowest BCUT2D eigenvalue weighted by molar-refractivity contribution is -0.126. The van der Waals surface area contributed by atoms with Crippen molar-refractivity contribution in [1.82, 2.24) is 9.62 Å². The largest absolute Gasteiger partial charge is 0.349 e. The fourth-order valence-electron chi connectivity index (χ4n) is 3.39. The van der Waals surface area contributed by atoms with Crippen LogP contribution in [0.15, 0.2) is 59.5 Å². The summed E-state index contributed by atoms with van der Waals surface area (Å²) in [4.78, 5) is 13.0. The monoisotopic (exact) mass is 386 g/mol. The fourth-order valence-corrected chi connectivity index (χ4v) is 4.91. The number of hydrogen-bond donors (Lipinski definition) is 1. The molecule has 1 N–H and O–H groups in total. The Morgan fingerprint density at radius 1 is 1.11 bits per heavy atom. The third-order valence-electron chi connectivity index (χ3n) is 5.07. The first kappa shape index (κ1) is 19.6. The number of hydrogen-bond acceptors (Lipinski definition) is 3. The van der Waals surface area contributed by atoms with Gasteiger partial charge in [0.05, 0.1) is 16.9 Å². The second-order valence-electron chi connectivity index (χ2n) is 7.16. The zero-order valence-corrected chi connectivity index (χ0v) is 16.6. The molecule has 0 aliphatic carbocycles. The van der Waals surface area contributed by atoms with Crippen molar-refractivity contribution < 1.29 is 13.2 Å². The van der Waals surface area contributed by atoms with Gasteiger partial charge in [0.2, 0.25) is 15.9 Å². The minimum absolute atomic E-state index is 0.0878.